The maximum Gasteiger partial charge on any atom is 0.261 e. The fourth-order valence-electron chi connectivity index (χ4n) is 8.94. The molecule has 14 nitrogen and oxygen atoms in total. The first kappa shape index (κ1) is 36.4. The lowest BCUT2D eigenvalue weighted by Gasteiger charge is -2.60. The van der Waals surface area contributed by atoms with Crippen LogP contribution in [0.1, 0.15) is 54.1 Å². The summed E-state index contributed by atoms with van der Waals surface area (Å²) in [6, 6.07) is 21.4. The molecule has 5 aromatic rings. The van der Waals surface area contributed by atoms with Gasteiger partial charge in [-0.05, 0) is 92.1 Å². The van der Waals surface area contributed by atoms with Crippen LogP contribution in [0.15, 0.2) is 79.1 Å². The third-order valence-electron chi connectivity index (χ3n) is 12.1. The fourth-order valence-corrected chi connectivity index (χ4v) is 8.94. The molecule has 0 bridgehead atoms. The topological polar surface area (TPSA) is 169 Å². The molecule has 9 rings (SSSR count). The molecule has 2 aromatic heterocycles. The first-order chi connectivity index (χ1) is 27.6. The second kappa shape index (κ2) is 14.4. The van der Waals surface area contributed by atoms with Crippen molar-refractivity contribution in [1.82, 2.24) is 34.9 Å². The number of aryl methyl sites for hydroxylation is 1. The summed E-state index contributed by atoms with van der Waals surface area (Å²) in [6.07, 6.45) is 2.70. The van der Waals surface area contributed by atoms with E-state index in [0.29, 0.717) is 64.7 Å². The van der Waals surface area contributed by atoms with Crippen molar-refractivity contribution in [2.75, 3.05) is 36.8 Å². The number of amides is 4. The first-order valence-electron chi connectivity index (χ1n) is 19.3. The number of anilines is 2. The van der Waals surface area contributed by atoms with E-state index >= 15 is 4.39 Å². The summed E-state index contributed by atoms with van der Waals surface area (Å²) < 4.78 is 24.0. The molecule has 4 amide bonds. The van der Waals surface area contributed by atoms with E-state index in [1.165, 1.54) is 6.33 Å². The van der Waals surface area contributed by atoms with Gasteiger partial charge >= 0.3 is 0 Å². The van der Waals surface area contributed by atoms with Crippen LogP contribution in [0.25, 0.3) is 22.3 Å². The molecule has 3 aliphatic heterocycles. The van der Waals surface area contributed by atoms with Crippen LogP contribution in [0, 0.1) is 12.3 Å². The number of rotatable bonds is 9. The highest BCUT2D eigenvalue weighted by molar-refractivity contribution is 6.08. The third-order valence-corrected chi connectivity index (χ3v) is 12.1. The van der Waals surface area contributed by atoms with Crippen LogP contribution in [0.3, 0.4) is 0 Å². The van der Waals surface area contributed by atoms with E-state index in [2.05, 4.69) is 25.1 Å². The van der Waals surface area contributed by atoms with Crippen LogP contribution in [0.4, 0.5) is 15.9 Å². The molecule has 292 valence electrons. The Labute approximate surface area is 327 Å². The molecule has 1 aliphatic carbocycles. The molecule has 3 N–H and O–H groups in total. The van der Waals surface area contributed by atoms with E-state index in [1.807, 2.05) is 66.7 Å². The van der Waals surface area contributed by atoms with Gasteiger partial charge in [-0.25, -0.2) is 19.0 Å². The van der Waals surface area contributed by atoms with E-state index in [9.17, 15) is 19.2 Å². The van der Waals surface area contributed by atoms with Crippen LogP contribution in [-0.2, 0) is 14.4 Å². The molecule has 3 saturated heterocycles. The Hall–Kier alpha value is -6.22. The van der Waals surface area contributed by atoms with Gasteiger partial charge in [0.1, 0.15) is 41.6 Å². The third kappa shape index (κ3) is 6.64. The number of nitrogens with one attached hydrogen (secondary N) is 1. The molecule has 0 radical (unpaired) electrons. The number of nitrogens with two attached hydrogens (primary N) is 1. The maximum absolute atomic E-state index is 16.4. The van der Waals surface area contributed by atoms with Crippen LogP contribution in [0.2, 0.25) is 0 Å². The van der Waals surface area contributed by atoms with E-state index in [4.69, 9.17) is 15.6 Å². The number of carbonyl (C=O) groups is 4. The molecule has 1 spiro atoms. The second-order valence-electron chi connectivity index (χ2n) is 15.8. The van der Waals surface area contributed by atoms with Crippen LogP contribution in [-0.4, -0.2) is 98.1 Å². The van der Waals surface area contributed by atoms with Crippen LogP contribution in [0.5, 0.6) is 11.5 Å². The minimum Gasteiger partial charge on any atom is -0.457 e. The zero-order chi connectivity index (χ0) is 39.4. The Morgan fingerprint density at radius 2 is 1.77 bits per heavy atom. The lowest BCUT2D eigenvalue weighted by atomic mass is 9.66. The SMILES string of the molecule is Cc1ccc(N2CC(N3CC4(CCC(n5nc(-c6ccc(Oc7ccccc7)cc6)c6c(N)ncnc65)C(F)C4)C3)C2)cc1C(=O)N(C=O)C1CCC(=O)NC1=O. The number of fused-ring (bicyclic) bond motifs is 1. The van der Waals surface area contributed by atoms with Gasteiger partial charge in [-0.15, -0.1) is 0 Å². The number of nitrogens with zero attached hydrogens (tertiary/aromatic N) is 7. The number of alkyl halides is 1. The summed E-state index contributed by atoms with van der Waals surface area (Å²) in [6.45, 7) is 4.92. The number of piperidine rings is 1. The quantitative estimate of drug-likeness (QED) is 0.156. The number of benzene rings is 3. The van der Waals surface area contributed by atoms with Gasteiger partial charge < -0.3 is 15.4 Å². The number of imide groups is 2. The minimum atomic E-state index is -1.12. The number of likely N-dealkylation sites (tertiary alicyclic amines) is 1. The van der Waals surface area contributed by atoms with Crippen molar-refractivity contribution in [2.24, 2.45) is 5.41 Å². The van der Waals surface area contributed by atoms with Gasteiger partial charge in [-0.1, -0.05) is 24.3 Å². The zero-order valence-corrected chi connectivity index (χ0v) is 31.4. The number of nitrogen functional groups attached to an aromatic ring is 1. The van der Waals surface area contributed by atoms with Crippen LogP contribution < -0.4 is 20.7 Å². The number of ether oxygens (including phenoxy) is 1. The second-order valence-corrected chi connectivity index (χ2v) is 15.8. The number of halogens is 1. The lowest BCUT2D eigenvalue weighted by Crippen LogP contribution is -2.69. The van der Waals surface area contributed by atoms with Crippen molar-refractivity contribution in [3.05, 3.63) is 90.3 Å². The molecule has 57 heavy (non-hydrogen) atoms. The summed E-state index contributed by atoms with van der Waals surface area (Å²) in [5.74, 6) is 0.0595. The summed E-state index contributed by atoms with van der Waals surface area (Å²) in [4.78, 5) is 63.8. The van der Waals surface area contributed by atoms with Gasteiger partial charge in [0.05, 0.1) is 11.4 Å². The number of carbonyl (C=O) groups excluding carboxylic acids is 4. The van der Waals surface area contributed by atoms with Crippen molar-refractivity contribution in [1.29, 1.82) is 0 Å². The molecule has 5 heterocycles. The van der Waals surface area contributed by atoms with Crippen molar-refractivity contribution in [3.8, 4) is 22.8 Å². The summed E-state index contributed by atoms with van der Waals surface area (Å²) >= 11 is 0. The highest BCUT2D eigenvalue weighted by atomic mass is 19.1. The van der Waals surface area contributed by atoms with Gasteiger partial charge in [-0.3, -0.25) is 34.3 Å². The molecular weight excluding hydrogens is 730 g/mol. The smallest absolute Gasteiger partial charge is 0.261 e. The summed E-state index contributed by atoms with van der Waals surface area (Å²) in [5, 5.41) is 7.75. The average molecular weight is 772 g/mol. The molecule has 15 heteroatoms. The first-order valence-corrected chi connectivity index (χ1v) is 19.3. The monoisotopic (exact) mass is 771 g/mol. The number of aromatic nitrogens is 4. The van der Waals surface area contributed by atoms with E-state index in [1.54, 1.807) is 17.7 Å². The normalized spacial score (nSPS) is 22.1. The molecule has 3 atom stereocenters. The standard InChI is InChI=1S/C42H42FN9O5/c1-25-7-10-27(17-31(25)41(56)51(24-53)34-13-14-35(54)47-40(34)55)49-19-28(20-49)50-21-42(22-50)16-15-33(32(43)18-42)52-39-36(38(44)45-23-46-39)37(48-52)26-8-11-30(12-9-26)57-29-5-3-2-4-6-29/h2-12,17,23-24,28,32-34H,13-16,18-22H2,1H3,(H2,44,45,46)(H,47,54,55). The largest absolute Gasteiger partial charge is 0.457 e. The van der Waals surface area contributed by atoms with Crippen LogP contribution >= 0.6 is 0 Å². The zero-order valence-electron chi connectivity index (χ0n) is 31.4. The van der Waals surface area contributed by atoms with Gasteiger partial charge in [0.15, 0.2) is 5.65 Å². The predicted octanol–water partition coefficient (Wildman–Crippen LogP) is 4.83. The summed E-state index contributed by atoms with van der Waals surface area (Å²) in [5.41, 5.74) is 10.1. The Balaban J connectivity index is 0.833. The van der Waals surface area contributed by atoms with Gasteiger partial charge in [0.2, 0.25) is 18.2 Å². The van der Waals surface area contributed by atoms with Crippen molar-refractivity contribution in [3.63, 3.8) is 0 Å². The van der Waals surface area contributed by atoms with Crippen molar-refractivity contribution >= 4 is 46.7 Å². The molecular formula is C42H42FN9O5. The summed E-state index contributed by atoms with van der Waals surface area (Å²) in [7, 11) is 0. The number of hydrogen-bond acceptors (Lipinski definition) is 11. The predicted molar refractivity (Wildman–Crippen MR) is 209 cm³/mol. The Morgan fingerprint density at radius 3 is 2.49 bits per heavy atom. The molecule has 4 aliphatic rings. The van der Waals surface area contributed by atoms with Crippen molar-refractivity contribution in [2.45, 2.75) is 63.3 Å². The van der Waals surface area contributed by atoms with E-state index < -0.39 is 36.0 Å². The fraction of sp³-hybridized carbons (Fsp3) is 0.357. The Kier molecular flexibility index (Phi) is 9.18. The molecule has 3 aromatic carbocycles. The van der Waals surface area contributed by atoms with Gasteiger partial charge in [0.25, 0.3) is 5.91 Å². The minimum absolute atomic E-state index is 0.0580. The maximum atomic E-state index is 16.4. The average Bonchev–Trinajstić information content (AvgIpc) is 3.56. The molecule has 3 unspecified atom stereocenters. The highest BCUT2D eigenvalue weighted by Gasteiger charge is 2.52. The van der Waals surface area contributed by atoms with E-state index in [0.717, 1.165) is 54.5 Å². The van der Waals surface area contributed by atoms with Crippen molar-refractivity contribution < 1.29 is 28.3 Å². The molecule has 4 fully saturated rings. The lowest BCUT2D eigenvalue weighted by molar-refractivity contribution is -0.139. The van der Waals surface area contributed by atoms with E-state index in [-0.39, 0.29) is 18.3 Å². The number of para-hydroxylation sites is 1. The highest BCUT2D eigenvalue weighted by Crippen LogP contribution is 2.50. The Bertz CT molecular complexity index is 2380. The molecule has 1 saturated carbocycles. The van der Waals surface area contributed by atoms with Gasteiger partial charge in [-0.2, -0.15) is 5.10 Å². The number of hydrogen-bond donors (Lipinski definition) is 2. The van der Waals surface area contributed by atoms with Gasteiger partial charge in [0, 0.05) is 55.5 Å². The Morgan fingerprint density at radius 1 is 1.02 bits per heavy atom.